The van der Waals surface area contributed by atoms with Crippen LogP contribution in [0, 0.1) is 11.8 Å². The smallest absolute Gasteiger partial charge is 0.309 e. The lowest BCUT2D eigenvalue weighted by molar-refractivity contribution is -0.147. The van der Waals surface area contributed by atoms with Crippen LogP contribution in [0.25, 0.3) is 0 Å². The second kappa shape index (κ2) is 7.41. The highest BCUT2D eigenvalue weighted by molar-refractivity contribution is 7.99. The summed E-state index contributed by atoms with van der Waals surface area (Å²) >= 11 is 1.58. The molecule has 0 unspecified atom stereocenters. The number of amides is 1. The van der Waals surface area contributed by atoms with Crippen LogP contribution in [-0.2, 0) is 19.1 Å². The van der Waals surface area contributed by atoms with Gasteiger partial charge in [0.2, 0.25) is 5.91 Å². The molecule has 0 spiro atoms. The lowest BCUT2D eigenvalue weighted by Crippen LogP contribution is -2.27. The van der Waals surface area contributed by atoms with E-state index < -0.39 is 0 Å². The molecule has 1 rings (SSSR count). The van der Waals surface area contributed by atoms with E-state index in [2.05, 4.69) is 5.32 Å². The van der Waals surface area contributed by atoms with Crippen LogP contribution in [0.5, 0.6) is 0 Å². The van der Waals surface area contributed by atoms with Gasteiger partial charge in [-0.3, -0.25) is 14.4 Å². The number of carbonyl (C=O) groups excluding carboxylic acids is 3. The molecular weight excluding hydrogens is 254 g/mol. The zero-order valence-corrected chi connectivity index (χ0v) is 11.5. The quantitative estimate of drug-likeness (QED) is 0.567. The maximum atomic E-state index is 11.7. The molecule has 5 nitrogen and oxygen atoms in total. The number of esters is 1. The summed E-state index contributed by atoms with van der Waals surface area (Å²) in [7, 11) is 1.35. The first-order chi connectivity index (χ1) is 8.56. The Kier molecular flexibility index (Phi) is 6.18. The highest BCUT2D eigenvalue weighted by Crippen LogP contribution is 2.32. The first kappa shape index (κ1) is 15.0. The van der Waals surface area contributed by atoms with Crippen molar-refractivity contribution in [2.45, 2.75) is 19.8 Å². The molecule has 0 aliphatic heterocycles. The number of rotatable bonds is 6. The van der Waals surface area contributed by atoms with E-state index >= 15 is 0 Å². The molecule has 1 N–H and O–H groups in total. The summed E-state index contributed by atoms with van der Waals surface area (Å²) in [4.78, 5) is 33.9. The van der Waals surface area contributed by atoms with E-state index in [1.54, 1.807) is 11.8 Å². The molecule has 1 saturated carbocycles. The number of nitrogens with one attached hydrogen (secondary N) is 1. The van der Waals surface area contributed by atoms with Gasteiger partial charge in [0, 0.05) is 37.3 Å². The molecule has 0 bridgehead atoms. The second-order valence-electron chi connectivity index (χ2n) is 4.30. The van der Waals surface area contributed by atoms with Gasteiger partial charge >= 0.3 is 5.97 Å². The average molecular weight is 273 g/mol. The molecule has 0 radical (unpaired) electrons. The van der Waals surface area contributed by atoms with Crippen LogP contribution in [0.3, 0.4) is 0 Å². The topological polar surface area (TPSA) is 72.5 Å². The van der Waals surface area contributed by atoms with Crippen LogP contribution in [0.1, 0.15) is 19.8 Å². The van der Waals surface area contributed by atoms with Gasteiger partial charge in [-0.1, -0.05) is 0 Å². The molecule has 0 saturated heterocycles. The summed E-state index contributed by atoms with van der Waals surface area (Å²) in [6.45, 7) is 2.06. The van der Waals surface area contributed by atoms with E-state index in [0.717, 1.165) is 5.75 Å². The molecule has 0 aromatic carbocycles. The number of thioether (sulfide) groups is 1. The van der Waals surface area contributed by atoms with Crippen LogP contribution in [0.2, 0.25) is 0 Å². The van der Waals surface area contributed by atoms with Crippen molar-refractivity contribution in [3.8, 4) is 0 Å². The average Bonchev–Trinajstić information content (AvgIpc) is 2.69. The van der Waals surface area contributed by atoms with Gasteiger partial charge in [-0.05, 0) is 6.42 Å². The maximum absolute atomic E-state index is 11.7. The van der Waals surface area contributed by atoms with Crippen molar-refractivity contribution in [1.29, 1.82) is 0 Å². The number of ether oxygens (including phenoxy) is 1. The standard InChI is InChI=1S/C12H19NO4S/c1-8(14)13-5-6-18-7-10-9(12(16)17-2)3-4-11(10)15/h9-10H,3-7H2,1-2H3,(H,13,14)/t9-,10+/m0/s1. The summed E-state index contributed by atoms with van der Waals surface area (Å²) in [6, 6.07) is 0. The van der Waals surface area contributed by atoms with Gasteiger partial charge < -0.3 is 10.1 Å². The van der Waals surface area contributed by atoms with E-state index in [-0.39, 0.29) is 29.5 Å². The molecule has 102 valence electrons. The van der Waals surface area contributed by atoms with Crippen molar-refractivity contribution in [2.75, 3.05) is 25.2 Å². The number of hydrogen-bond donors (Lipinski definition) is 1. The van der Waals surface area contributed by atoms with Gasteiger partial charge in [0.1, 0.15) is 5.78 Å². The minimum atomic E-state index is -0.284. The highest BCUT2D eigenvalue weighted by atomic mass is 32.2. The Hall–Kier alpha value is -1.04. The Morgan fingerprint density at radius 2 is 2.22 bits per heavy atom. The molecule has 1 fully saturated rings. The zero-order valence-electron chi connectivity index (χ0n) is 10.7. The molecule has 6 heteroatoms. The monoisotopic (exact) mass is 273 g/mol. The lowest BCUT2D eigenvalue weighted by Gasteiger charge is -2.15. The van der Waals surface area contributed by atoms with E-state index in [9.17, 15) is 14.4 Å². The summed E-state index contributed by atoms with van der Waals surface area (Å²) in [5.41, 5.74) is 0. The van der Waals surface area contributed by atoms with Crippen molar-refractivity contribution in [1.82, 2.24) is 5.32 Å². The fourth-order valence-electron chi connectivity index (χ4n) is 2.06. The van der Waals surface area contributed by atoms with Gasteiger partial charge in [-0.15, -0.1) is 0 Å². The van der Waals surface area contributed by atoms with Crippen molar-refractivity contribution in [2.24, 2.45) is 11.8 Å². The van der Waals surface area contributed by atoms with E-state index in [1.807, 2.05) is 0 Å². The van der Waals surface area contributed by atoms with Crippen LogP contribution in [0.4, 0.5) is 0 Å². The fourth-order valence-corrected chi connectivity index (χ4v) is 3.15. The van der Waals surface area contributed by atoms with E-state index in [0.29, 0.717) is 25.1 Å². The molecule has 2 atom stereocenters. The molecule has 0 aromatic heterocycles. The fraction of sp³-hybridized carbons (Fsp3) is 0.750. The molecule has 0 aromatic rings. The van der Waals surface area contributed by atoms with Gasteiger partial charge in [0.25, 0.3) is 0 Å². The third kappa shape index (κ3) is 4.33. The predicted molar refractivity (Wildman–Crippen MR) is 69.2 cm³/mol. The van der Waals surface area contributed by atoms with E-state index in [1.165, 1.54) is 14.0 Å². The number of Topliss-reactive ketones (excluding diaryl/α,β-unsaturated/α-hetero) is 1. The number of ketones is 1. The minimum absolute atomic E-state index is 0.0556. The summed E-state index contributed by atoms with van der Waals surface area (Å²) in [6.07, 6.45) is 1.07. The Balaban J connectivity index is 2.32. The second-order valence-corrected chi connectivity index (χ2v) is 5.45. The first-order valence-electron chi connectivity index (χ1n) is 5.99. The number of carbonyl (C=O) groups is 3. The van der Waals surface area contributed by atoms with Crippen LogP contribution >= 0.6 is 11.8 Å². The Bertz CT molecular complexity index is 332. The van der Waals surface area contributed by atoms with Gasteiger partial charge in [-0.2, -0.15) is 11.8 Å². The normalized spacial score (nSPS) is 22.9. The van der Waals surface area contributed by atoms with Crippen LogP contribution in [-0.4, -0.2) is 42.8 Å². The van der Waals surface area contributed by atoms with Crippen molar-refractivity contribution in [3.63, 3.8) is 0 Å². The van der Waals surface area contributed by atoms with E-state index in [4.69, 9.17) is 4.74 Å². The third-order valence-corrected chi connectivity index (χ3v) is 4.11. The minimum Gasteiger partial charge on any atom is -0.469 e. The molecular formula is C12H19NO4S. The Labute approximate surface area is 111 Å². The molecule has 1 amide bonds. The summed E-state index contributed by atoms with van der Waals surface area (Å²) in [5, 5.41) is 2.69. The SMILES string of the molecule is COC(=O)[C@H]1CCC(=O)[C@@H]1CSCCNC(C)=O. The Morgan fingerprint density at radius 3 is 2.83 bits per heavy atom. The summed E-state index contributed by atoms with van der Waals surface area (Å²) in [5.74, 6) is 0.677. The van der Waals surface area contributed by atoms with Crippen molar-refractivity contribution < 1.29 is 19.1 Å². The molecule has 0 heterocycles. The molecule has 18 heavy (non-hydrogen) atoms. The Morgan fingerprint density at radius 1 is 1.50 bits per heavy atom. The van der Waals surface area contributed by atoms with Crippen LogP contribution in [0.15, 0.2) is 0 Å². The van der Waals surface area contributed by atoms with Crippen molar-refractivity contribution in [3.05, 3.63) is 0 Å². The van der Waals surface area contributed by atoms with Crippen molar-refractivity contribution >= 4 is 29.4 Å². The maximum Gasteiger partial charge on any atom is 0.309 e. The molecule has 1 aliphatic rings. The van der Waals surface area contributed by atoms with Gasteiger partial charge in [0.15, 0.2) is 0 Å². The number of hydrogen-bond acceptors (Lipinski definition) is 5. The van der Waals surface area contributed by atoms with Gasteiger partial charge in [0.05, 0.1) is 13.0 Å². The lowest BCUT2D eigenvalue weighted by atomic mass is 9.98. The molecule has 1 aliphatic carbocycles. The highest BCUT2D eigenvalue weighted by Gasteiger charge is 2.39. The predicted octanol–water partition coefficient (Wildman–Crippen LogP) is 0.624. The third-order valence-electron chi connectivity index (χ3n) is 3.02. The largest absolute Gasteiger partial charge is 0.469 e. The summed E-state index contributed by atoms with van der Waals surface area (Å²) < 4.78 is 4.71. The van der Waals surface area contributed by atoms with Crippen LogP contribution < -0.4 is 5.32 Å². The zero-order chi connectivity index (χ0) is 13.5. The first-order valence-corrected chi connectivity index (χ1v) is 7.14. The number of methoxy groups -OCH3 is 1. The van der Waals surface area contributed by atoms with Gasteiger partial charge in [-0.25, -0.2) is 0 Å².